The molecule has 0 saturated carbocycles. The number of carbonyl (C=O) groups is 1. The van der Waals surface area contributed by atoms with E-state index < -0.39 is 6.09 Å². The molecule has 62 valence electrons. The van der Waals surface area contributed by atoms with E-state index in [0.717, 1.165) is 5.57 Å². The number of aliphatic hydroxyl groups excluding tert-OH is 1. The van der Waals surface area contributed by atoms with Crippen molar-refractivity contribution < 1.29 is 15.0 Å². The highest BCUT2D eigenvalue weighted by molar-refractivity contribution is 5.65. The highest BCUT2D eigenvalue weighted by Crippen LogP contribution is 2.08. The first-order chi connectivity index (χ1) is 5.24. The predicted molar refractivity (Wildman–Crippen MR) is 39.4 cm³/mol. The van der Waals surface area contributed by atoms with Gasteiger partial charge in [0.25, 0.3) is 0 Å². The van der Waals surface area contributed by atoms with Crippen LogP contribution in [-0.4, -0.2) is 40.9 Å². The Balaban J connectivity index is 2.53. The van der Waals surface area contributed by atoms with Gasteiger partial charge < -0.3 is 15.1 Å². The van der Waals surface area contributed by atoms with Gasteiger partial charge in [-0.05, 0) is 12.0 Å². The summed E-state index contributed by atoms with van der Waals surface area (Å²) in [6.07, 6.45) is 1.69. The maximum Gasteiger partial charge on any atom is 0.407 e. The average molecular weight is 157 g/mol. The molecule has 0 aromatic carbocycles. The quantitative estimate of drug-likeness (QED) is 0.538. The number of nitrogens with zero attached hydrogens (tertiary/aromatic N) is 1. The zero-order valence-corrected chi connectivity index (χ0v) is 6.16. The molecule has 0 aliphatic carbocycles. The van der Waals surface area contributed by atoms with E-state index in [1.807, 2.05) is 6.08 Å². The molecule has 4 heteroatoms. The lowest BCUT2D eigenvalue weighted by atomic mass is 10.1. The van der Waals surface area contributed by atoms with Crippen molar-refractivity contribution in [2.24, 2.45) is 0 Å². The Morgan fingerprint density at radius 2 is 2.45 bits per heavy atom. The zero-order valence-electron chi connectivity index (χ0n) is 6.16. The minimum atomic E-state index is -0.913. The summed E-state index contributed by atoms with van der Waals surface area (Å²) >= 11 is 0. The van der Waals surface area contributed by atoms with Crippen molar-refractivity contribution in [1.82, 2.24) is 4.90 Å². The molecule has 1 amide bonds. The van der Waals surface area contributed by atoms with E-state index >= 15 is 0 Å². The smallest absolute Gasteiger partial charge is 0.407 e. The van der Waals surface area contributed by atoms with Crippen molar-refractivity contribution in [2.75, 3.05) is 19.7 Å². The molecule has 1 heterocycles. The summed E-state index contributed by atoms with van der Waals surface area (Å²) in [5.41, 5.74) is 0.790. The highest BCUT2D eigenvalue weighted by atomic mass is 16.4. The average Bonchev–Trinajstić information content (AvgIpc) is 2.05. The van der Waals surface area contributed by atoms with Crippen molar-refractivity contribution in [2.45, 2.75) is 6.42 Å². The van der Waals surface area contributed by atoms with Crippen LogP contribution in [0, 0.1) is 0 Å². The summed E-state index contributed by atoms with van der Waals surface area (Å²) in [6, 6.07) is 0. The van der Waals surface area contributed by atoms with Crippen LogP contribution in [-0.2, 0) is 0 Å². The fourth-order valence-electron chi connectivity index (χ4n) is 1.09. The molecule has 1 aliphatic rings. The van der Waals surface area contributed by atoms with Gasteiger partial charge in [0.1, 0.15) is 0 Å². The van der Waals surface area contributed by atoms with Crippen molar-refractivity contribution in [3.63, 3.8) is 0 Å². The Labute approximate surface area is 64.7 Å². The second-order valence-electron chi connectivity index (χ2n) is 2.51. The molecule has 0 saturated heterocycles. The van der Waals surface area contributed by atoms with Crippen LogP contribution >= 0.6 is 0 Å². The first-order valence-corrected chi connectivity index (χ1v) is 3.50. The molecule has 0 unspecified atom stereocenters. The molecule has 0 bridgehead atoms. The third-order valence-corrected chi connectivity index (χ3v) is 1.70. The normalized spacial score (nSPS) is 17.9. The monoisotopic (exact) mass is 157 g/mol. The van der Waals surface area contributed by atoms with Gasteiger partial charge in [-0.15, -0.1) is 0 Å². The van der Waals surface area contributed by atoms with Gasteiger partial charge in [0.05, 0.1) is 6.61 Å². The highest BCUT2D eigenvalue weighted by Gasteiger charge is 2.15. The van der Waals surface area contributed by atoms with Gasteiger partial charge in [-0.3, -0.25) is 0 Å². The molecule has 0 aromatic rings. The summed E-state index contributed by atoms with van der Waals surface area (Å²) in [5.74, 6) is 0. The molecule has 0 spiro atoms. The van der Waals surface area contributed by atoms with Crippen molar-refractivity contribution in [1.29, 1.82) is 0 Å². The van der Waals surface area contributed by atoms with E-state index in [1.54, 1.807) is 0 Å². The topological polar surface area (TPSA) is 60.8 Å². The number of hydrogen-bond acceptors (Lipinski definition) is 2. The Hall–Kier alpha value is -1.03. The fourth-order valence-corrected chi connectivity index (χ4v) is 1.09. The van der Waals surface area contributed by atoms with E-state index in [9.17, 15) is 4.79 Å². The van der Waals surface area contributed by atoms with Crippen LogP contribution in [0.5, 0.6) is 0 Å². The van der Waals surface area contributed by atoms with Gasteiger partial charge in [-0.25, -0.2) is 4.79 Å². The number of carboxylic acid groups (broad SMARTS) is 1. The van der Waals surface area contributed by atoms with Crippen molar-refractivity contribution in [3.05, 3.63) is 11.6 Å². The number of rotatable bonds is 1. The minimum absolute atomic E-state index is 0.0379. The second-order valence-corrected chi connectivity index (χ2v) is 2.51. The second kappa shape index (κ2) is 3.39. The van der Waals surface area contributed by atoms with E-state index in [0.29, 0.717) is 19.5 Å². The SMILES string of the molecule is O=C(O)N1CCC=C(CO)C1. The van der Waals surface area contributed by atoms with Gasteiger partial charge in [0.15, 0.2) is 0 Å². The number of hydrogen-bond donors (Lipinski definition) is 2. The first-order valence-electron chi connectivity index (χ1n) is 3.50. The van der Waals surface area contributed by atoms with E-state index in [1.165, 1.54) is 4.90 Å². The van der Waals surface area contributed by atoms with Gasteiger partial charge >= 0.3 is 6.09 Å². The molecule has 4 nitrogen and oxygen atoms in total. The molecular formula is C7H11NO3. The van der Waals surface area contributed by atoms with Crippen molar-refractivity contribution >= 4 is 6.09 Å². The van der Waals surface area contributed by atoms with Crippen molar-refractivity contribution in [3.8, 4) is 0 Å². The van der Waals surface area contributed by atoms with Crippen LogP contribution in [0.1, 0.15) is 6.42 Å². The zero-order chi connectivity index (χ0) is 8.27. The Morgan fingerprint density at radius 3 is 3.00 bits per heavy atom. The van der Waals surface area contributed by atoms with E-state index in [-0.39, 0.29) is 6.61 Å². The van der Waals surface area contributed by atoms with Gasteiger partial charge in [-0.2, -0.15) is 0 Å². The first kappa shape index (κ1) is 8.07. The third kappa shape index (κ3) is 1.94. The lowest BCUT2D eigenvalue weighted by Crippen LogP contribution is -2.35. The molecule has 11 heavy (non-hydrogen) atoms. The number of amides is 1. The maximum absolute atomic E-state index is 10.4. The molecule has 0 radical (unpaired) electrons. The summed E-state index contributed by atoms with van der Waals surface area (Å²) < 4.78 is 0. The van der Waals surface area contributed by atoms with Crippen LogP contribution < -0.4 is 0 Å². The summed E-state index contributed by atoms with van der Waals surface area (Å²) in [5, 5.41) is 17.3. The van der Waals surface area contributed by atoms with Gasteiger partial charge in [0, 0.05) is 13.1 Å². The summed E-state index contributed by atoms with van der Waals surface area (Å²) in [4.78, 5) is 11.7. The third-order valence-electron chi connectivity index (χ3n) is 1.70. The van der Waals surface area contributed by atoms with Gasteiger partial charge in [-0.1, -0.05) is 6.08 Å². The molecule has 0 atom stereocenters. The van der Waals surface area contributed by atoms with Crippen LogP contribution in [0.2, 0.25) is 0 Å². The Kier molecular flexibility index (Phi) is 2.48. The van der Waals surface area contributed by atoms with Crippen LogP contribution in [0.4, 0.5) is 4.79 Å². The Morgan fingerprint density at radius 1 is 1.73 bits per heavy atom. The van der Waals surface area contributed by atoms with Gasteiger partial charge in [0.2, 0.25) is 0 Å². The maximum atomic E-state index is 10.4. The summed E-state index contributed by atoms with van der Waals surface area (Å²) in [7, 11) is 0. The minimum Gasteiger partial charge on any atom is -0.465 e. The number of aliphatic hydroxyl groups is 1. The van der Waals surface area contributed by atoms with Crippen LogP contribution in [0.3, 0.4) is 0 Å². The molecule has 1 aliphatic heterocycles. The molecule has 0 fully saturated rings. The Bertz CT molecular complexity index is 188. The predicted octanol–water partition coefficient (Wildman–Crippen LogP) is 0.289. The molecule has 2 N–H and O–H groups in total. The van der Waals surface area contributed by atoms with E-state index in [4.69, 9.17) is 10.2 Å². The fraction of sp³-hybridized carbons (Fsp3) is 0.571. The standard InChI is InChI=1S/C7H11NO3/c9-5-6-2-1-3-8(4-6)7(10)11/h2,9H,1,3-5H2,(H,10,11). The molecular weight excluding hydrogens is 146 g/mol. The lowest BCUT2D eigenvalue weighted by Gasteiger charge is -2.23. The largest absolute Gasteiger partial charge is 0.465 e. The van der Waals surface area contributed by atoms with Crippen LogP contribution in [0.15, 0.2) is 11.6 Å². The molecule has 1 rings (SSSR count). The van der Waals surface area contributed by atoms with E-state index in [2.05, 4.69) is 0 Å². The summed E-state index contributed by atoms with van der Waals surface area (Å²) in [6.45, 7) is 0.856. The molecule has 0 aromatic heterocycles. The van der Waals surface area contributed by atoms with Crippen LogP contribution in [0.25, 0.3) is 0 Å². The lowest BCUT2D eigenvalue weighted by molar-refractivity contribution is 0.146.